The first-order valence-corrected chi connectivity index (χ1v) is 5.82. The summed E-state index contributed by atoms with van der Waals surface area (Å²) in [4.78, 5) is 17.7. The molecule has 0 aromatic carbocycles. The third kappa shape index (κ3) is 2.96. The van der Waals surface area contributed by atoms with Crippen LogP contribution in [0.5, 0.6) is 0 Å². The number of nitrogens with two attached hydrogens (primary N) is 1. The molecule has 0 bridgehead atoms. The van der Waals surface area contributed by atoms with Gasteiger partial charge < -0.3 is 20.1 Å². The molecular formula is C12H17N3O3. The highest BCUT2D eigenvalue weighted by Gasteiger charge is 2.32. The molecule has 1 aliphatic heterocycles. The van der Waals surface area contributed by atoms with E-state index in [2.05, 4.69) is 4.98 Å². The Balaban J connectivity index is 1.78. The lowest BCUT2D eigenvalue weighted by Crippen LogP contribution is -2.55. The van der Waals surface area contributed by atoms with Gasteiger partial charge in [0.25, 0.3) is 5.91 Å². The zero-order valence-corrected chi connectivity index (χ0v) is 10.3. The molecule has 0 radical (unpaired) electrons. The molecule has 1 saturated heterocycles. The molecule has 1 aliphatic rings. The second kappa shape index (κ2) is 5.79. The lowest BCUT2D eigenvalue weighted by atomic mass is 10.1. The third-order valence-corrected chi connectivity index (χ3v) is 2.78. The van der Waals surface area contributed by atoms with Gasteiger partial charge in [0.1, 0.15) is 5.69 Å². The molecule has 1 amide bonds. The first-order chi connectivity index (χ1) is 8.70. The molecule has 0 unspecified atom stereocenters. The summed E-state index contributed by atoms with van der Waals surface area (Å²) in [5.74, 6) is -0.0819. The summed E-state index contributed by atoms with van der Waals surface area (Å²) in [6, 6.07) is 3.31. The molecule has 2 rings (SSSR count). The van der Waals surface area contributed by atoms with Crippen LogP contribution in [0, 0.1) is 0 Å². The number of nitrogens with zero attached hydrogens (tertiary/aromatic N) is 2. The Bertz CT molecular complexity index is 402. The average molecular weight is 251 g/mol. The number of anilines is 1. The number of rotatable bonds is 5. The first kappa shape index (κ1) is 12.8. The molecule has 1 aromatic rings. The minimum absolute atomic E-state index is 0.0819. The van der Waals surface area contributed by atoms with E-state index in [0.29, 0.717) is 37.7 Å². The number of nitrogen functional groups attached to an aromatic ring is 1. The topological polar surface area (TPSA) is 77.7 Å². The summed E-state index contributed by atoms with van der Waals surface area (Å²) in [5, 5.41) is 0. The van der Waals surface area contributed by atoms with Crippen LogP contribution in [-0.4, -0.2) is 55.3 Å². The number of hydrogen-bond acceptors (Lipinski definition) is 5. The molecule has 1 fully saturated rings. The van der Waals surface area contributed by atoms with E-state index in [-0.39, 0.29) is 12.0 Å². The van der Waals surface area contributed by atoms with Crippen LogP contribution in [0.3, 0.4) is 0 Å². The number of hydrogen-bond donors (Lipinski definition) is 1. The fourth-order valence-electron chi connectivity index (χ4n) is 1.70. The minimum Gasteiger partial charge on any atom is -0.397 e. The van der Waals surface area contributed by atoms with Gasteiger partial charge in [0, 0.05) is 20.2 Å². The van der Waals surface area contributed by atoms with Gasteiger partial charge in [-0.25, -0.2) is 4.98 Å². The van der Waals surface area contributed by atoms with Crippen LogP contribution in [0.4, 0.5) is 5.69 Å². The standard InChI is InChI=1S/C12H17N3O3/c1-17-4-5-18-10-7-15(8-10)12(16)11-3-2-9(13)6-14-11/h2-3,6,10H,4-5,7-8,13H2,1H3. The molecule has 2 heterocycles. The van der Waals surface area contributed by atoms with Crippen molar-refractivity contribution < 1.29 is 14.3 Å². The highest BCUT2D eigenvalue weighted by molar-refractivity contribution is 5.93. The van der Waals surface area contributed by atoms with E-state index < -0.39 is 0 Å². The largest absolute Gasteiger partial charge is 0.397 e. The van der Waals surface area contributed by atoms with Crippen LogP contribution in [0.1, 0.15) is 10.5 Å². The van der Waals surface area contributed by atoms with Gasteiger partial charge in [-0.1, -0.05) is 0 Å². The Morgan fingerprint density at radius 1 is 1.50 bits per heavy atom. The van der Waals surface area contributed by atoms with Gasteiger partial charge in [-0.3, -0.25) is 4.79 Å². The van der Waals surface area contributed by atoms with E-state index in [1.807, 2.05) is 0 Å². The van der Waals surface area contributed by atoms with Crippen molar-refractivity contribution in [1.29, 1.82) is 0 Å². The van der Waals surface area contributed by atoms with Gasteiger partial charge in [0.15, 0.2) is 0 Å². The van der Waals surface area contributed by atoms with Crippen LogP contribution in [0.15, 0.2) is 18.3 Å². The molecule has 0 aliphatic carbocycles. The lowest BCUT2D eigenvalue weighted by molar-refractivity contribution is -0.0556. The van der Waals surface area contributed by atoms with E-state index in [9.17, 15) is 4.79 Å². The number of likely N-dealkylation sites (tertiary alicyclic amines) is 1. The Morgan fingerprint density at radius 2 is 2.28 bits per heavy atom. The highest BCUT2D eigenvalue weighted by atomic mass is 16.5. The van der Waals surface area contributed by atoms with Gasteiger partial charge in [-0.05, 0) is 12.1 Å². The van der Waals surface area contributed by atoms with Gasteiger partial charge in [-0.15, -0.1) is 0 Å². The molecule has 0 spiro atoms. The molecule has 0 saturated carbocycles. The molecule has 6 nitrogen and oxygen atoms in total. The second-order valence-electron chi connectivity index (χ2n) is 4.17. The molecule has 2 N–H and O–H groups in total. The summed E-state index contributed by atoms with van der Waals surface area (Å²) >= 11 is 0. The van der Waals surface area contributed by atoms with Crippen LogP contribution >= 0.6 is 0 Å². The smallest absolute Gasteiger partial charge is 0.272 e. The van der Waals surface area contributed by atoms with Crippen molar-refractivity contribution in [3.05, 3.63) is 24.0 Å². The summed E-state index contributed by atoms with van der Waals surface area (Å²) in [6.07, 6.45) is 1.59. The second-order valence-corrected chi connectivity index (χ2v) is 4.17. The maximum absolute atomic E-state index is 12.0. The number of pyridine rings is 1. The maximum atomic E-state index is 12.0. The quantitative estimate of drug-likeness (QED) is 0.754. The fourth-order valence-corrected chi connectivity index (χ4v) is 1.70. The number of methoxy groups -OCH3 is 1. The van der Waals surface area contributed by atoms with Crippen molar-refractivity contribution in [2.75, 3.05) is 39.1 Å². The Kier molecular flexibility index (Phi) is 4.11. The number of carbonyl (C=O) groups is 1. The number of ether oxygens (including phenoxy) is 2. The minimum atomic E-state index is -0.0819. The Hall–Kier alpha value is -1.66. The Morgan fingerprint density at radius 3 is 2.89 bits per heavy atom. The summed E-state index contributed by atoms with van der Waals surface area (Å²) < 4.78 is 10.4. The number of amides is 1. The number of aromatic nitrogens is 1. The highest BCUT2D eigenvalue weighted by Crippen LogP contribution is 2.15. The monoisotopic (exact) mass is 251 g/mol. The fraction of sp³-hybridized carbons (Fsp3) is 0.500. The molecular weight excluding hydrogens is 234 g/mol. The summed E-state index contributed by atoms with van der Waals surface area (Å²) in [7, 11) is 1.63. The van der Waals surface area contributed by atoms with Gasteiger partial charge in [0.05, 0.1) is 31.2 Å². The zero-order valence-electron chi connectivity index (χ0n) is 10.3. The maximum Gasteiger partial charge on any atom is 0.272 e. The van der Waals surface area contributed by atoms with Crippen molar-refractivity contribution in [2.45, 2.75) is 6.10 Å². The molecule has 1 aromatic heterocycles. The van der Waals surface area contributed by atoms with Crippen molar-refractivity contribution >= 4 is 11.6 Å². The molecule has 6 heteroatoms. The summed E-state index contributed by atoms with van der Waals surface area (Å²) in [5.41, 5.74) is 6.49. The number of carbonyl (C=O) groups excluding carboxylic acids is 1. The van der Waals surface area contributed by atoms with Crippen LogP contribution in [0.2, 0.25) is 0 Å². The van der Waals surface area contributed by atoms with Crippen molar-refractivity contribution in [3.63, 3.8) is 0 Å². The first-order valence-electron chi connectivity index (χ1n) is 5.82. The average Bonchev–Trinajstić information content (AvgIpc) is 2.32. The van der Waals surface area contributed by atoms with E-state index in [0.717, 1.165) is 0 Å². The SMILES string of the molecule is COCCOC1CN(C(=O)c2ccc(N)cn2)C1. The predicted octanol–water partition coefficient (Wildman–Crippen LogP) is 0.151. The zero-order chi connectivity index (χ0) is 13.0. The molecule has 0 atom stereocenters. The summed E-state index contributed by atoms with van der Waals surface area (Å²) in [6.45, 7) is 2.34. The van der Waals surface area contributed by atoms with Crippen molar-refractivity contribution in [1.82, 2.24) is 9.88 Å². The van der Waals surface area contributed by atoms with Crippen molar-refractivity contribution in [2.24, 2.45) is 0 Å². The normalized spacial score (nSPS) is 15.5. The van der Waals surface area contributed by atoms with Crippen LogP contribution in [-0.2, 0) is 9.47 Å². The predicted molar refractivity (Wildman–Crippen MR) is 66.2 cm³/mol. The Labute approximate surface area is 106 Å². The van der Waals surface area contributed by atoms with E-state index in [1.165, 1.54) is 6.20 Å². The third-order valence-electron chi connectivity index (χ3n) is 2.78. The molecule has 98 valence electrons. The van der Waals surface area contributed by atoms with E-state index >= 15 is 0 Å². The van der Waals surface area contributed by atoms with Gasteiger partial charge in [0.2, 0.25) is 0 Å². The van der Waals surface area contributed by atoms with E-state index in [4.69, 9.17) is 15.2 Å². The lowest BCUT2D eigenvalue weighted by Gasteiger charge is -2.38. The van der Waals surface area contributed by atoms with Gasteiger partial charge >= 0.3 is 0 Å². The van der Waals surface area contributed by atoms with Crippen LogP contribution in [0.25, 0.3) is 0 Å². The molecule has 18 heavy (non-hydrogen) atoms. The van der Waals surface area contributed by atoms with Gasteiger partial charge in [-0.2, -0.15) is 0 Å². The van der Waals surface area contributed by atoms with Crippen molar-refractivity contribution in [3.8, 4) is 0 Å². The van der Waals surface area contributed by atoms with E-state index in [1.54, 1.807) is 24.1 Å². The van der Waals surface area contributed by atoms with Crippen LogP contribution < -0.4 is 5.73 Å².